The van der Waals surface area contributed by atoms with Crippen molar-refractivity contribution in [2.75, 3.05) is 18.5 Å². The second-order valence-electron chi connectivity index (χ2n) is 6.47. The lowest BCUT2D eigenvalue weighted by Crippen LogP contribution is -2.38. The van der Waals surface area contributed by atoms with Crippen LogP contribution in [0.3, 0.4) is 0 Å². The zero-order valence-electron chi connectivity index (χ0n) is 15.7. The minimum atomic E-state index is -0.722. The van der Waals surface area contributed by atoms with Crippen molar-refractivity contribution in [3.63, 3.8) is 0 Å². The molecule has 0 radical (unpaired) electrons. The maximum absolute atomic E-state index is 15.0. The highest BCUT2D eigenvalue weighted by molar-refractivity contribution is 5.90. The molecular weight excluding hydrogens is 379 g/mol. The number of amides is 2. The molecule has 0 aliphatic carbocycles. The third kappa shape index (κ3) is 3.40. The minimum Gasteiger partial charge on any atom is -0.423 e. The van der Waals surface area contributed by atoms with E-state index in [9.17, 15) is 9.59 Å². The first-order valence-corrected chi connectivity index (χ1v) is 8.79. The highest BCUT2D eigenvalue weighted by atomic mass is 19.1. The predicted octanol–water partition coefficient (Wildman–Crippen LogP) is 2.23. The molecule has 0 unspecified atom stereocenters. The van der Waals surface area contributed by atoms with Gasteiger partial charge in [-0.2, -0.15) is 0 Å². The Bertz CT molecular complexity index is 1070. The largest absolute Gasteiger partial charge is 0.423 e. The molecule has 0 N–H and O–H groups in total. The first-order valence-electron chi connectivity index (χ1n) is 8.79. The van der Waals surface area contributed by atoms with Crippen LogP contribution in [-0.2, 0) is 9.53 Å². The molecule has 3 heterocycles. The molecule has 1 aliphatic heterocycles. The SMILES string of the molecule is CC(=O)N(C)[C@@H]1CN(c2ccc(-c3cccnc3-n3ccnn3)c(F)c2)C(=O)O1. The molecule has 148 valence electrons. The molecule has 29 heavy (non-hydrogen) atoms. The van der Waals surface area contributed by atoms with Gasteiger partial charge in [-0.3, -0.25) is 9.69 Å². The Morgan fingerprint density at radius 2 is 2.10 bits per heavy atom. The number of halogens is 1. The second-order valence-corrected chi connectivity index (χ2v) is 6.47. The summed E-state index contributed by atoms with van der Waals surface area (Å²) in [6.07, 6.45) is 3.34. The van der Waals surface area contributed by atoms with E-state index in [2.05, 4.69) is 15.3 Å². The number of hydrogen-bond donors (Lipinski definition) is 0. The van der Waals surface area contributed by atoms with Crippen LogP contribution in [0.25, 0.3) is 16.9 Å². The minimum absolute atomic E-state index is 0.116. The molecule has 2 amide bonds. The van der Waals surface area contributed by atoms with Gasteiger partial charge in [-0.05, 0) is 30.3 Å². The zero-order valence-corrected chi connectivity index (χ0v) is 15.7. The van der Waals surface area contributed by atoms with E-state index in [4.69, 9.17) is 4.74 Å². The number of anilines is 1. The third-order valence-electron chi connectivity index (χ3n) is 4.71. The molecule has 0 spiro atoms. The summed E-state index contributed by atoms with van der Waals surface area (Å²) in [6.45, 7) is 1.50. The molecule has 1 atom stereocenters. The van der Waals surface area contributed by atoms with Crippen LogP contribution in [0, 0.1) is 5.82 Å². The van der Waals surface area contributed by atoms with Crippen LogP contribution in [0.2, 0.25) is 0 Å². The summed E-state index contributed by atoms with van der Waals surface area (Å²) < 4.78 is 21.7. The highest BCUT2D eigenvalue weighted by Gasteiger charge is 2.36. The van der Waals surface area contributed by atoms with Gasteiger partial charge in [0.25, 0.3) is 0 Å². The quantitative estimate of drug-likeness (QED) is 0.671. The van der Waals surface area contributed by atoms with Gasteiger partial charge in [0.1, 0.15) is 5.82 Å². The van der Waals surface area contributed by atoms with Gasteiger partial charge in [0, 0.05) is 31.3 Å². The second kappa shape index (κ2) is 7.30. The average Bonchev–Trinajstić information content (AvgIpc) is 3.37. The lowest BCUT2D eigenvalue weighted by atomic mass is 10.0. The Balaban J connectivity index is 1.65. The maximum Gasteiger partial charge on any atom is 0.416 e. The van der Waals surface area contributed by atoms with Crippen molar-refractivity contribution in [1.29, 1.82) is 0 Å². The molecule has 10 heteroatoms. The molecule has 1 fully saturated rings. The normalized spacial score (nSPS) is 16.0. The first-order chi connectivity index (χ1) is 14.0. The Morgan fingerprint density at radius 1 is 1.28 bits per heavy atom. The first kappa shape index (κ1) is 18.5. The smallest absolute Gasteiger partial charge is 0.416 e. The Kier molecular flexibility index (Phi) is 4.67. The number of carbonyl (C=O) groups excluding carboxylic acids is 2. The van der Waals surface area contributed by atoms with Gasteiger partial charge in [-0.25, -0.2) is 18.9 Å². The Labute approximate surface area is 165 Å². The average molecular weight is 396 g/mol. The van der Waals surface area contributed by atoms with Crippen LogP contribution in [0.5, 0.6) is 0 Å². The van der Waals surface area contributed by atoms with Crippen LogP contribution < -0.4 is 4.90 Å². The number of cyclic esters (lactones) is 1. The summed E-state index contributed by atoms with van der Waals surface area (Å²) in [5.41, 5.74) is 1.17. The van der Waals surface area contributed by atoms with Gasteiger partial charge in [0.2, 0.25) is 5.91 Å². The molecule has 1 aliphatic rings. The predicted molar refractivity (Wildman–Crippen MR) is 101 cm³/mol. The molecule has 4 rings (SSSR count). The van der Waals surface area contributed by atoms with Crippen LogP contribution in [0.4, 0.5) is 14.9 Å². The van der Waals surface area contributed by atoms with Gasteiger partial charge < -0.3 is 9.64 Å². The van der Waals surface area contributed by atoms with E-state index in [1.807, 2.05) is 0 Å². The van der Waals surface area contributed by atoms with E-state index in [1.54, 1.807) is 43.7 Å². The number of hydrogen-bond acceptors (Lipinski definition) is 6. The number of pyridine rings is 1. The van der Waals surface area contributed by atoms with Gasteiger partial charge in [-0.15, -0.1) is 5.10 Å². The van der Waals surface area contributed by atoms with Crippen LogP contribution in [0.15, 0.2) is 48.9 Å². The van der Waals surface area contributed by atoms with Gasteiger partial charge in [0.05, 0.1) is 24.6 Å². The molecule has 0 bridgehead atoms. The lowest BCUT2D eigenvalue weighted by Gasteiger charge is -2.20. The van der Waals surface area contributed by atoms with Crippen molar-refractivity contribution in [3.05, 3.63) is 54.7 Å². The van der Waals surface area contributed by atoms with Crippen molar-refractivity contribution in [2.24, 2.45) is 0 Å². The van der Waals surface area contributed by atoms with E-state index < -0.39 is 18.1 Å². The Morgan fingerprint density at radius 3 is 2.79 bits per heavy atom. The van der Waals surface area contributed by atoms with Crippen molar-refractivity contribution in [2.45, 2.75) is 13.2 Å². The van der Waals surface area contributed by atoms with Crippen molar-refractivity contribution < 1.29 is 18.7 Å². The van der Waals surface area contributed by atoms with E-state index >= 15 is 4.39 Å². The number of ether oxygens (including phenoxy) is 1. The lowest BCUT2D eigenvalue weighted by molar-refractivity contribution is -0.134. The molecule has 2 aromatic heterocycles. The molecular formula is C19H17FN6O3. The van der Waals surface area contributed by atoms with Crippen LogP contribution in [0.1, 0.15) is 6.92 Å². The number of rotatable bonds is 4. The van der Waals surface area contributed by atoms with E-state index in [0.29, 0.717) is 22.6 Å². The van der Waals surface area contributed by atoms with Crippen LogP contribution in [-0.4, -0.2) is 56.7 Å². The fourth-order valence-electron chi connectivity index (χ4n) is 3.06. The van der Waals surface area contributed by atoms with Gasteiger partial charge >= 0.3 is 6.09 Å². The third-order valence-corrected chi connectivity index (χ3v) is 4.71. The summed E-state index contributed by atoms with van der Waals surface area (Å²) in [4.78, 5) is 30.6. The summed E-state index contributed by atoms with van der Waals surface area (Å²) in [7, 11) is 1.54. The summed E-state index contributed by atoms with van der Waals surface area (Å²) in [5.74, 6) is -0.336. The topological polar surface area (TPSA) is 93.5 Å². The fourth-order valence-corrected chi connectivity index (χ4v) is 3.06. The molecule has 3 aromatic rings. The molecule has 0 saturated carbocycles. The van der Waals surface area contributed by atoms with E-state index in [-0.39, 0.29) is 12.5 Å². The summed E-state index contributed by atoms with van der Waals surface area (Å²) in [6, 6.07) is 7.86. The number of carbonyl (C=O) groups is 2. The monoisotopic (exact) mass is 396 g/mol. The number of likely N-dealkylation sites (N-methyl/N-ethyl adjacent to an activating group) is 1. The highest BCUT2D eigenvalue weighted by Crippen LogP contribution is 2.31. The van der Waals surface area contributed by atoms with Gasteiger partial charge in [-0.1, -0.05) is 5.21 Å². The van der Waals surface area contributed by atoms with Crippen molar-refractivity contribution in [1.82, 2.24) is 24.9 Å². The fraction of sp³-hybridized carbons (Fsp3) is 0.211. The molecule has 1 aromatic carbocycles. The summed E-state index contributed by atoms with van der Waals surface area (Å²) >= 11 is 0. The van der Waals surface area contributed by atoms with Crippen molar-refractivity contribution >= 4 is 17.7 Å². The number of nitrogens with zero attached hydrogens (tertiary/aromatic N) is 6. The summed E-state index contributed by atoms with van der Waals surface area (Å²) in [5, 5.41) is 7.67. The number of aromatic nitrogens is 4. The molecule has 1 saturated heterocycles. The van der Waals surface area contributed by atoms with E-state index in [0.717, 1.165) is 0 Å². The van der Waals surface area contributed by atoms with E-state index in [1.165, 1.54) is 33.7 Å². The standard InChI is InChI=1S/C19H17FN6O3/c1-12(27)24(2)17-11-25(19(28)29-17)13-5-6-14(16(20)10-13)15-4-3-7-21-18(15)26-9-8-22-23-26/h3-10,17H,11H2,1-2H3/t17-/m0/s1. The number of benzene rings is 1. The maximum atomic E-state index is 15.0. The van der Waals surface area contributed by atoms with Crippen molar-refractivity contribution in [3.8, 4) is 16.9 Å². The zero-order chi connectivity index (χ0) is 20.5. The Hall–Kier alpha value is -3.82. The molecule has 9 nitrogen and oxygen atoms in total. The van der Waals surface area contributed by atoms with Gasteiger partial charge in [0.15, 0.2) is 12.0 Å². The van der Waals surface area contributed by atoms with Crippen LogP contribution >= 0.6 is 0 Å².